The molecule has 0 N–H and O–H groups in total. The van der Waals surface area contributed by atoms with Gasteiger partial charge in [0.05, 0.1) is 5.56 Å². The molecule has 0 aliphatic carbocycles. The van der Waals surface area contributed by atoms with E-state index in [1.807, 2.05) is 53.1 Å². The van der Waals surface area contributed by atoms with Crippen LogP contribution in [0.1, 0.15) is 42.3 Å². The summed E-state index contributed by atoms with van der Waals surface area (Å²) in [6.45, 7) is 8.50. The lowest BCUT2D eigenvalue weighted by molar-refractivity contribution is 0.00693. The van der Waals surface area contributed by atoms with Crippen molar-refractivity contribution in [2.75, 3.05) is 14.1 Å². The molecular formula is C15H23NO2. The molecule has 0 heterocycles. The Morgan fingerprint density at radius 1 is 1.28 bits per heavy atom. The molecule has 0 spiro atoms. The van der Waals surface area contributed by atoms with E-state index in [0.29, 0.717) is 5.56 Å². The van der Waals surface area contributed by atoms with E-state index in [1.54, 1.807) is 0 Å². The lowest BCUT2D eigenvalue weighted by Gasteiger charge is -2.20. The van der Waals surface area contributed by atoms with Crippen molar-refractivity contribution in [3.05, 3.63) is 34.9 Å². The summed E-state index contributed by atoms with van der Waals surface area (Å²) in [5, 5.41) is 0. The highest BCUT2D eigenvalue weighted by atomic mass is 16.6. The lowest BCUT2D eigenvalue weighted by Crippen LogP contribution is -2.24. The first-order valence-electron chi connectivity index (χ1n) is 6.16. The molecule has 0 aliphatic heterocycles. The summed E-state index contributed by atoms with van der Waals surface area (Å²) in [7, 11) is 4.03. The number of rotatable bonds is 3. The second kappa shape index (κ2) is 5.53. The standard InChI is InChI=1S/C15H23NO2/c1-11-7-8-12(9-13(11)10-16(5)6)14(17)18-15(2,3)4/h7-9H,10H2,1-6H3. The summed E-state index contributed by atoms with van der Waals surface area (Å²) in [5.74, 6) is -0.262. The molecule has 0 amide bonds. The molecule has 0 aromatic heterocycles. The van der Waals surface area contributed by atoms with Gasteiger partial charge in [-0.3, -0.25) is 0 Å². The Hall–Kier alpha value is -1.35. The largest absolute Gasteiger partial charge is 0.456 e. The van der Waals surface area contributed by atoms with Gasteiger partial charge in [0, 0.05) is 6.54 Å². The van der Waals surface area contributed by atoms with Crippen LogP contribution in [0.4, 0.5) is 0 Å². The Bertz CT molecular complexity index is 431. The van der Waals surface area contributed by atoms with E-state index in [1.165, 1.54) is 5.56 Å². The molecule has 100 valence electrons. The molecule has 0 radical (unpaired) electrons. The van der Waals surface area contributed by atoms with Gasteiger partial charge in [0.1, 0.15) is 5.60 Å². The number of hydrogen-bond donors (Lipinski definition) is 0. The highest BCUT2D eigenvalue weighted by Crippen LogP contribution is 2.16. The number of nitrogens with zero attached hydrogens (tertiary/aromatic N) is 1. The summed E-state index contributed by atoms with van der Waals surface area (Å²) in [4.78, 5) is 14.1. The third-order valence-electron chi connectivity index (χ3n) is 2.47. The highest BCUT2D eigenvalue weighted by Gasteiger charge is 2.18. The van der Waals surface area contributed by atoms with Crippen molar-refractivity contribution >= 4 is 5.97 Å². The number of hydrogen-bond acceptors (Lipinski definition) is 3. The number of esters is 1. The minimum absolute atomic E-state index is 0.262. The average Bonchev–Trinajstić information content (AvgIpc) is 2.17. The second-order valence-electron chi connectivity index (χ2n) is 5.88. The van der Waals surface area contributed by atoms with Crippen molar-refractivity contribution < 1.29 is 9.53 Å². The van der Waals surface area contributed by atoms with Gasteiger partial charge in [0.2, 0.25) is 0 Å². The summed E-state index contributed by atoms with van der Waals surface area (Å²) in [6.07, 6.45) is 0. The first kappa shape index (κ1) is 14.7. The normalized spacial score (nSPS) is 11.7. The zero-order valence-corrected chi connectivity index (χ0v) is 12.2. The number of aryl methyl sites for hydroxylation is 1. The van der Waals surface area contributed by atoms with Crippen LogP contribution in [-0.2, 0) is 11.3 Å². The van der Waals surface area contributed by atoms with Gasteiger partial charge >= 0.3 is 5.97 Å². The van der Waals surface area contributed by atoms with Crippen LogP contribution >= 0.6 is 0 Å². The zero-order chi connectivity index (χ0) is 13.9. The van der Waals surface area contributed by atoms with E-state index >= 15 is 0 Å². The van der Waals surface area contributed by atoms with Gasteiger partial charge in [-0.1, -0.05) is 6.07 Å². The quantitative estimate of drug-likeness (QED) is 0.771. The Balaban J connectivity index is 2.94. The molecule has 1 aromatic carbocycles. The minimum atomic E-state index is -0.455. The molecule has 1 rings (SSSR count). The Morgan fingerprint density at radius 2 is 1.89 bits per heavy atom. The molecule has 0 saturated heterocycles. The second-order valence-corrected chi connectivity index (χ2v) is 5.88. The number of ether oxygens (including phenoxy) is 1. The van der Waals surface area contributed by atoms with Crippen LogP contribution in [0.3, 0.4) is 0 Å². The number of carbonyl (C=O) groups excluding carboxylic acids is 1. The summed E-state index contributed by atoms with van der Waals surface area (Å²) in [5.41, 5.74) is 2.51. The van der Waals surface area contributed by atoms with Crippen molar-refractivity contribution in [3.63, 3.8) is 0 Å². The molecule has 18 heavy (non-hydrogen) atoms. The molecule has 0 saturated carbocycles. The van der Waals surface area contributed by atoms with Crippen molar-refractivity contribution in [1.82, 2.24) is 4.90 Å². The molecule has 0 unspecified atom stereocenters. The van der Waals surface area contributed by atoms with E-state index in [9.17, 15) is 4.79 Å². The maximum absolute atomic E-state index is 12.0. The molecule has 0 atom stereocenters. The molecule has 3 nitrogen and oxygen atoms in total. The van der Waals surface area contributed by atoms with E-state index in [2.05, 4.69) is 11.8 Å². The van der Waals surface area contributed by atoms with E-state index < -0.39 is 5.60 Å². The third kappa shape index (κ3) is 4.49. The smallest absolute Gasteiger partial charge is 0.338 e. The first-order chi connectivity index (χ1) is 8.19. The van der Waals surface area contributed by atoms with Crippen molar-refractivity contribution in [1.29, 1.82) is 0 Å². The Morgan fingerprint density at radius 3 is 2.39 bits per heavy atom. The SMILES string of the molecule is Cc1ccc(C(=O)OC(C)(C)C)cc1CN(C)C. The van der Waals surface area contributed by atoms with E-state index in [4.69, 9.17) is 4.74 Å². The first-order valence-corrected chi connectivity index (χ1v) is 6.16. The van der Waals surface area contributed by atoms with Crippen LogP contribution in [0.15, 0.2) is 18.2 Å². The fourth-order valence-electron chi connectivity index (χ4n) is 1.65. The molecule has 0 fully saturated rings. The van der Waals surface area contributed by atoms with Crippen LogP contribution in [0.25, 0.3) is 0 Å². The average molecular weight is 249 g/mol. The fourth-order valence-corrected chi connectivity index (χ4v) is 1.65. The monoisotopic (exact) mass is 249 g/mol. The highest BCUT2D eigenvalue weighted by molar-refractivity contribution is 5.90. The number of carbonyl (C=O) groups is 1. The van der Waals surface area contributed by atoms with Crippen LogP contribution in [-0.4, -0.2) is 30.6 Å². The van der Waals surface area contributed by atoms with Crippen LogP contribution < -0.4 is 0 Å². The van der Waals surface area contributed by atoms with Crippen molar-refractivity contribution in [3.8, 4) is 0 Å². The van der Waals surface area contributed by atoms with Crippen LogP contribution in [0.5, 0.6) is 0 Å². The summed E-state index contributed by atoms with van der Waals surface area (Å²) >= 11 is 0. The number of benzene rings is 1. The van der Waals surface area contributed by atoms with Crippen LogP contribution in [0, 0.1) is 6.92 Å². The Kier molecular flexibility index (Phi) is 4.52. The van der Waals surface area contributed by atoms with Crippen LogP contribution in [0.2, 0.25) is 0 Å². The summed E-state index contributed by atoms with van der Waals surface area (Å²) < 4.78 is 5.37. The maximum atomic E-state index is 12.0. The molecule has 0 aliphatic rings. The third-order valence-corrected chi connectivity index (χ3v) is 2.47. The Labute approximate surface area is 110 Å². The predicted molar refractivity (Wildman–Crippen MR) is 73.7 cm³/mol. The molecule has 0 bridgehead atoms. The van der Waals surface area contributed by atoms with Gasteiger partial charge in [0.25, 0.3) is 0 Å². The van der Waals surface area contributed by atoms with Gasteiger partial charge in [-0.05, 0) is 65.0 Å². The fraction of sp³-hybridized carbons (Fsp3) is 0.533. The van der Waals surface area contributed by atoms with E-state index in [-0.39, 0.29) is 5.97 Å². The van der Waals surface area contributed by atoms with Gasteiger partial charge in [-0.2, -0.15) is 0 Å². The predicted octanol–water partition coefficient (Wildman–Crippen LogP) is 3.01. The van der Waals surface area contributed by atoms with Crippen molar-refractivity contribution in [2.45, 2.75) is 39.8 Å². The topological polar surface area (TPSA) is 29.5 Å². The van der Waals surface area contributed by atoms with Gasteiger partial charge < -0.3 is 9.64 Å². The zero-order valence-electron chi connectivity index (χ0n) is 12.2. The molecule has 1 aromatic rings. The van der Waals surface area contributed by atoms with Gasteiger partial charge in [0.15, 0.2) is 0 Å². The van der Waals surface area contributed by atoms with Gasteiger partial charge in [-0.25, -0.2) is 4.79 Å². The maximum Gasteiger partial charge on any atom is 0.338 e. The lowest BCUT2D eigenvalue weighted by atomic mass is 10.0. The van der Waals surface area contributed by atoms with Gasteiger partial charge in [-0.15, -0.1) is 0 Å². The van der Waals surface area contributed by atoms with Crippen molar-refractivity contribution in [2.24, 2.45) is 0 Å². The minimum Gasteiger partial charge on any atom is -0.456 e. The molecular weight excluding hydrogens is 226 g/mol. The van der Waals surface area contributed by atoms with E-state index in [0.717, 1.165) is 12.1 Å². The summed E-state index contributed by atoms with van der Waals surface area (Å²) in [6, 6.07) is 5.71. The molecule has 3 heteroatoms.